The first-order valence-corrected chi connectivity index (χ1v) is 5.50. The second kappa shape index (κ2) is 3.96. The molecule has 92 valence electrons. The molecule has 0 aromatic carbocycles. The third-order valence-electron chi connectivity index (χ3n) is 2.98. The number of nitrogens with two attached hydrogens (primary N) is 1. The predicted molar refractivity (Wildman–Crippen MR) is 62.9 cm³/mol. The molecule has 2 rings (SSSR count). The van der Waals surface area contributed by atoms with E-state index in [4.69, 9.17) is 10.8 Å². The Labute approximate surface area is 99.5 Å². The Kier molecular flexibility index (Phi) is 2.74. The van der Waals surface area contributed by atoms with Crippen LogP contribution in [0.4, 0.5) is 5.95 Å². The molecule has 1 fully saturated rings. The number of carboxylic acids is 1. The summed E-state index contributed by atoms with van der Waals surface area (Å²) in [6.07, 6.45) is 0.415. The zero-order valence-corrected chi connectivity index (χ0v) is 9.97. The third kappa shape index (κ3) is 2.21. The molecule has 1 aliphatic rings. The third-order valence-corrected chi connectivity index (χ3v) is 2.98. The van der Waals surface area contributed by atoms with Gasteiger partial charge in [0.15, 0.2) is 0 Å². The molecule has 3 N–H and O–H groups in total. The highest BCUT2D eigenvalue weighted by molar-refractivity contribution is 5.80. The van der Waals surface area contributed by atoms with Crippen LogP contribution in [0.5, 0.6) is 0 Å². The largest absolute Gasteiger partial charge is 0.480 e. The first-order chi connectivity index (χ1) is 7.90. The summed E-state index contributed by atoms with van der Waals surface area (Å²) in [5, 5.41) is 9.05. The Morgan fingerprint density at radius 2 is 2.06 bits per heavy atom. The van der Waals surface area contributed by atoms with E-state index in [1.54, 1.807) is 0 Å². The summed E-state index contributed by atoms with van der Waals surface area (Å²) in [7, 11) is 0. The number of carboxylic acid groups (broad SMARTS) is 1. The fourth-order valence-corrected chi connectivity index (χ4v) is 2.03. The first kappa shape index (κ1) is 11.8. The molecule has 17 heavy (non-hydrogen) atoms. The van der Waals surface area contributed by atoms with E-state index < -0.39 is 11.5 Å². The highest BCUT2D eigenvalue weighted by Crippen LogP contribution is 2.23. The predicted octanol–water partition coefficient (Wildman–Crippen LogP) is 0.0856. The average molecular weight is 236 g/mol. The average Bonchev–Trinajstić information content (AvgIpc) is 2.61. The van der Waals surface area contributed by atoms with Crippen LogP contribution in [0.3, 0.4) is 0 Å². The molecular weight excluding hydrogens is 220 g/mol. The minimum Gasteiger partial charge on any atom is -0.480 e. The molecule has 6 heteroatoms. The van der Waals surface area contributed by atoms with Gasteiger partial charge >= 0.3 is 5.97 Å². The van der Waals surface area contributed by atoms with Gasteiger partial charge in [-0.25, -0.2) is 9.97 Å². The number of hydrogen-bond donors (Lipinski definition) is 2. The number of rotatable bonds is 2. The van der Waals surface area contributed by atoms with Gasteiger partial charge in [-0.05, 0) is 26.3 Å². The van der Waals surface area contributed by atoms with Crippen molar-refractivity contribution in [3.63, 3.8) is 0 Å². The lowest BCUT2D eigenvalue weighted by molar-refractivity contribution is -0.142. The van der Waals surface area contributed by atoms with Gasteiger partial charge in [0.1, 0.15) is 5.54 Å². The van der Waals surface area contributed by atoms with Crippen LogP contribution >= 0.6 is 0 Å². The molecule has 0 amide bonds. The molecule has 2 heterocycles. The zero-order valence-electron chi connectivity index (χ0n) is 9.97. The smallest absolute Gasteiger partial charge is 0.325 e. The highest BCUT2D eigenvalue weighted by atomic mass is 16.4. The van der Waals surface area contributed by atoms with Crippen LogP contribution in [-0.4, -0.2) is 39.7 Å². The van der Waals surface area contributed by atoms with Crippen LogP contribution in [0.25, 0.3) is 0 Å². The van der Waals surface area contributed by atoms with Crippen LogP contribution in [0.2, 0.25) is 0 Å². The summed E-state index contributed by atoms with van der Waals surface area (Å²) in [6.45, 7) is 4.61. The number of aromatic nitrogens is 2. The Balaban J connectivity index is 2.23. The molecular formula is C11H16N4O2. The standard InChI is InChI=1S/C11H16N4O2/c1-7-5-8(2)14-10(13-7)15-4-3-11(12,6-15)9(16)17/h5H,3-4,6,12H2,1-2H3,(H,16,17). The van der Waals surface area contributed by atoms with Crippen molar-refractivity contribution in [3.8, 4) is 0 Å². The lowest BCUT2D eigenvalue weighted by Gasteiger charge is -2.20. The van der Waals surface area contributed by atoms with Gasteiger partial charge in [-0.3, -0.25) is 4.79 Å². The van der Waals surface area contributed by atoms with Gasteiger partial charge in [-0.1, -0.05) is 0 Å². The van der Waals surface area contributed by atoms with E-state index in [2.05, 4.69) is 9.97 Å². The second-order valence-electron chi connectivity index (χ2n) is 4.58. The number of nitrogens with zero attached hydrogens (tertiary/aromatic N) is 3. The van der Waals surface area contributed by atoms with Crippen molar-refractivity contribution in [2.45, 2.75) is 25.8 Å². The molecule has 1 atom stereocenters. The van der Waals surface area contributed by atoms with Crippen molar-refractivity contribution in [1.29, 1.82) is 0 Å². The molecule has 1 saturated heterocycles. The monoisotopic (exact) mass is 236 g/mol. The summed E-state index contributed by atoms with van der Waals surface area (Å²) < 4.78 is 0. The van der Waals surface area contributed by atoms with E-state index in [1.807, 2.05) is 24.8 Å². The summed E-state index contributed by atoms with van der Waals surface area (Å²) in [6, 6.07) is 1.88. The van der Waals surface area contributed by atoms with Gasteiger partial charge in [0.2, 0.25) is 5.95 Å². The van der Waals surface area contributed by atoms with Crippen molar-refractivity contribution in [3.05, 3.63) is 17.5 Å². The topological polar surface area (TPSA) is 92.3 Å². The summed E-state index contributed by atoms with van der Waals surface area (Å²) in [5.74, 6) is -0.402. The normalized spacial score (nSPS) is 24.1. The van der Waals surface area contributed by atoms with Crippen molar-refractivity contribution in [2.24, 2.45) is 5.73 Å². The molecule has 0 aliphatic carbocycles. The molecule has 1 aromatic heterocycles. The van der Waals surface area contributed by atoms with Crippen LogP contribution in [0.15, 0.2) is 6.07 Å². The SMILES string of the molecule is Cc1cc(C)nc(N2CCC(N)(C(=O)O)C2)n1. The van der Waals surface area contributed by atoms with Crippen molar-refractivity contribution in [1.82, 2.24) is 9.97 Å². The zero-order chi connectivity index (χ0) is 12.6. The lowest BCUT2D eigenvalue weighted by Crippen LogP contribution is -2.50. The molecule has 0 spiro atoms. The van der Waals surface area contributed by atoms with Crippen LogP contribution < -0.4 is 10.6 Å². The highest BCUT2D eigenvalue weighted by Gasteiger charge is 2.42. The van der Waals surface area contributed by atoms with Gasteiger partial charge in [-0.15, -0.1) is 0 Å². The lowest BCUT2D eigenvalue weighted by atomic mass is 10.0. The minimum absolute atomic E-state index is 0.255. The maximum Gasteiger partial charge on any atom is 0.325 e. The fourth-order valence-electron chi connectivity index (χ4n) is 2.03. The number of aryl methyl sites for hydroxylation is 2. The Hall–Kier alpha value is -1.69. The van der Waals surface area contributed by atoms with Crippen LogP contribution in [0, 0.1) is 13.8 Å². The van der Waals surface area contributed by atoms with Crippen molar-refractivity contribution >= 4 is 11.9 Å². The number of aliphatic carboxylic acids is 1. The second-order valence-corrected chi connectivity index (χ2v) is 4.58. The van der Waals surface area contributed by atoms with E-state index in [-0.39, 0.29) is 6.54 Å². The number of anilines is 1. The Morgan fingerprint density at radius 1 is 1.47 bits per heavy atom. The summed E-state index contributed by atoms with van der Waals surface area (Å²) in [5.41, 5.74) is 6.37. The molecule has 1 aromatic rings. The summed E-state index contributed by atoms with van der Waals surface area (Å²) in [4.78, 5) is 21.5. The van der Waals surface area contributed by atoms with Gasteiger partial charge < -0.3 is 15.7 Å². The maximum atomic E-state index is 11.0. The van der Waals surface area contributed by atoms with Gasteiger partial charge in [-0.2, -0.15) is 0 Å². The minimum atomic E-state index is -1.18. The van der Waals surface area contributed by atoms with Crippen molar-refractivity contribution in [2.75, 3.05) is 18.0 Å². The van der Waals surface area contributed by atoms with E-state index in [1.165, 1.54) is 0 Å². The maximum absolute atomic E-state index is 11.0. The molecule has 0 radical (unpaired) electrons. The number of hydrogen-bond acceptors (Lipinski definition) is 5. The number of carbonyl (C=O) groups is 1. The molecule has 1 aliphatic heterocycles. The Morgan fingerprint density at radius 3 is 2.53 bits per heavy atom. The van der Waals surface area contributed by atoms with E-state index in [0.29, 0.717) is 18.9 Å². The summed E-state index contributed by atoms with van der Waals surface area (Å²) >= 11 is 0. The van der Waals surface area contributed by atoms with E-state index in [0.717, 1.165) is 11.4 Å². The van der Waals surface area contributed by atoms with Crippen LogP contribution in [0.1, 0.15) is 17.8 Å². The van der Waals surface area contributed by atoms with E-state index in [9.17, 15) is 4.79 Å². The van der Waals surface area contributed by atoms with Gasteiger partial charge in [0.05, 0.1) is 0 Å². The van der Waals surface area contributed by atoms with E-state index >= 15 is 0 Å². The van der Waals surface area contributed by atoms with Gasteiger partial charge in [0, 0.05) is 24.5 Å². The van der Waals surface area contributed by atoms with Crippen LogP contribution in [-0.2, 0) is 4.79 Å². The van der Waals surface area contributed by atoms with Gasteiger partial charge in [0.25, 0.3) is 0 Å². The molecule has 1 unspecified atom stereocenters. The molecule has 6 nitrogen and oxygen atoms in total. The fraction of sp³-hybridized carbons (Fsp3) is 0.545. The Bertz CT molecular complexity index is 443. The molecule has 0 bridgehead atoms. The molecule has 0 saturated carbocycles. The quantitative estimate of drug-likeness (QED) is 0.755. The first-order valence-electron chi connectivity index (χ1n) is 5.50. The van der Waals surface area contributed by atoms with Crippen molar-refractivity contribution < 1.29 is 9.90 Å².